The Hall–Kier alpha value is -1.55. The summed E-state index contributed by atoms with van der Waals surface area (Å²) in [4.78, 5) is 14.4. The lowest BCUT2D eigenvalue weighted by Gasteiger charge is -2.26. The van der Waals surface area contributed by atoms with E-state index in [-0.39, 0.29) is 17.9 Å². The van der Waals surface area contributed by atoms with E-state index in [1.165, 1.54) is 0 Å². The van der Waals surface area contributed by atoms with Crippen LogP contribution in [0.25, 0.3) is 0 Å². The second kappa shape index (κ2) is 4.61. The quantitative estimate of drug-likeness (QED) is 0.858. The van der Waals surface area contributed by atoms with Crippen molar-refractivity contribution in [3.05, 3.63) is 29.8 Å². The van der Waals surface area contributed by atoms with Gasteiger partial charge in [0, 0.05) is 25.9 Å². The second-order valence-corrected chi connectivity index (χ2v) is 4.99. The minimum atomic E-state index is -0.0493. The third-order valence-electron chi connectivity index (χ3n) is 3.93. The highest BCUT2D eigenvalue weighted by Crippen LogP contribution is 2.32. The number of hydrogen-bond donors (Lipinski definition) is 1. The van der Waals surface area contributed by atoms with Crippen LogP contribution in [-0.4, -0.2) is 43.7 Å². The summed E-state index contributed by atoms with van der Waals surface area (Å²) >= 11 is 0. The fourth-order valence-corrected chi connectivity index (χ4v) is 2.76. The van der Waals surface area contributed by atoms with Crippen molar-refractivity contribution >= 4 is 11.6 Å². The van der Waals surface area contributed by atoms with Gasteiger partial charge in [0.2, 0.25) is 5.91 Å². The van der Waals surface area contributed by atoms with Gasteiger partial charge < -0.3 is 15.0 Å². The van der Waals surface area contributed by atoms with Crippen molar-refractivity contribution in [1.29, 1.82) is 0 Å². The van der Waals surface area contributed by atoms with Gasteiger partial charge in [-0.05, 0) is 18.1 Å². The van der Waals surface area contributed by atoms with Crippen molar-refractivity contribution in [2.24, 2.45) is 0 Å². The maximum Gasteiger partial charge on any atom is 0.232 e. The molecule has 1 aromatic carbocycles. The van der Waals surface area contributed by atoms with E-state index in [0.717, 1.165) is 24.3 Å². The van der Waals surface area contributed by atoms with E-state index in [2.05, 4.69) is 5.32 Å². The van der Waals surface area contributed by atoms with Gasteiger partial charge in [-0.1, -0.05) is 18.2 Å². The molecule has 1 amide bonds. The first-order chi connectivity index (χ1) is 8.77. The van der Waals surface area contributed by atoms with Crippen LogP contribution < -0.4 is 5.32 Å². The molecule has 1 N–H and O–H groups in total. The molecule has 2 atom stereocenters. The fourth-order valence-electron chi connectivity index (χ4n) is 2.76. The number of amides is 1. The number of benzene rings is 1. The normalized spacial score (nSPS) is 25.6. The lowest BCUT2D eigenvalue weighted by atomic mass is 9.99. The van der Waals surface area contributed by atoms with Gasteiger partial charge in [-0.15, -0.1) is 0 Å². The van der Waals surface area contributed by atoms with E-state index < -0.39 is 0 Å². The van der Waals surface area contributed by atoms with Crippen LogP contribution >= 0.6 is 0 Å². The van der Waals surface area contributed by atoms with Crippen LogP contribution in [0, 0.1) is 0 Å². The molecule has 3 rings (SSSR count). The van der Waals surface area contributed by atoms with Crippen molar-refractivity contribution in [3.63, 3.8) is 0 Å². The molecule has 2 unspecified atom stereocenters. The molecule has 4 heteroatoms. The standard InChI is InChI=1S/C14H18N2O2/c1-16(10-6-7-18-9-10)14(17)12-8-15-13-5-3-2-4-11(12)13/h2-5,10,12,15H,6-9H2,1H3. The second-order valence-electron chi connectivity index (χ2n) is 4.99. The van der Waals surface area contributed by atoms with Crippen molar-refractivity contribution in [3.8, 4) is 0 Å². The van der Waals surface area contributed by atoms with E-state index in [9.17, 15) is 4.79 Å². The Balaban J connectivity index is 1.77. The maximum atomic E-state index is 12.5. The van der Waals surface area contributed by atoms with Crippen molar-refractivity contribution in [2.75, 3.05) is 32.1 Å². The third kappa shape index (κ3) is 1.86. The number of nitrogens with zero attached hydrogens (tertiary/aromatic N) is 1. The molecule has 0 aliphatic carbocycles. The number of nitrogens with one attached hydrogen (secondary N) is 1. The SMILES string of the molecule is CN(C(=O)C1CNc2ccccc21)C1CCOC1. The summed E-state index contributed by atoms with van der Waals surface area (Å²) in [5.41, 5.74) is 2.21. The predicted molar refractivity (Wildman–Crippen MR) is 69.7 cm³/mol. The molecule has 0 radical (unpaired) electrons. The molecule has 1 saturated heterocycles. The van der Waals surface area contributed by atoms with Gasteiger partial charge in [-0.3, -0.25) is 4.79 Å². The molecule has 0 bridgehead atoms. The first-order valence-electron chi connectivity index (χ1n) is 6.44. The Morgan fingerprint density at radius 2 is 2.28 bits per heavy atom. The van der Waals surface area contributed by atoms with Gasteiger partial charge in [0.05, 0.1) is 18.6 Å². The van der Waals surface area contributed by atoms with Gasteiger partial charge in [0.15, 0.2) is 0 Å². The average Bonchev–Trinajstić information content (AvgIpc) is 3.06. The van der Waals surface area contributed by atoms with Gasteiger partial charge in [0.1, 0.15) is 0 Å². The summed E-state index contributed by atoms with van der Waals surface area (Å²) in [6.45, 7) is 2.14. The topological polar surface area (TPSA) is 41.6 Å². The summed E-state index contributed by atoms with van der Waals surface area (Å²) in [5.74, 6) is 0.148. The summed E-state index contributed by atoms with van der Waals surface area (Å²) in [6.07, 6.45) is 0.948. The number of para-hydroxylation sites is 1. The van der Waals surface area contributed by atoms with Crippen LogP contribution in [0.4, 0.5) is 5.69 Å². The van der Waals surface area contributed by atoms with E-state index in [4.69, 9.17) is 4.74 Å². The van der Waals surface area contributed by atoms with Crippen LogP contribution in [0.15, 0.2) is 24.3 Å². The minimum absolute atomic E-state index is 0.0493. The molecule has 0 spiro atoms. The summed E-state index contributed by atoms with van der Waals surface area (Å²) in [6, 6.07) is 8.29. The molecule has 2 aliphatic heterocycles. The minimum Gasteiger partial charge on any atom is -0.384 e. The highest BCUT2D eigenvalue weighted by atomic mass is 16.5. The molecule has 2 heterocycles. The van der Waals surface area contributed by atoms with E-state index in [1.54, 1.807) is 0 Å². The molecule has 96 valence electrons. The Labute approximate surface area is 107 Å². The number of carbonyl (C=O) groups excluding carboxylic acids is 1. The molecule has 0 aromatic heterocycles. The summed E-state index contributed by atoms with van der Waals surface area (Å²) in [7, 11) is 1.89. The number of anilines is 1. The van der Waals surface area contributed by atoms with Crippen LogP contribution in [0.2, 0.25) is 0 Å². The zero-order valence-corrected chi connectivity index (χ0v) is 10.6. The van der Waals surface area contributed by atoms with E-state index >= 15 is 0 Å². The smallest absolute Gasteiger partial charge is 0.232 e. The Kier molecular flexibility index (Phi) is 2.96. The Bertz CT molecular complexity index is 455. The van der Waals surface area contributed by atoms with Gasteiger partial charge in [0.25, 0.3) is 0 Å². The van der Waals surface area contributed by atoms with Crippen LogP contribution in [0.3, 0.4) is 0 Å². The Morgan fingerprint density at radius 1 is 1.44 bits per heavy atom. The van der Waals surface area contributed by atoms with E-state index in [0.29, 0.717) is 13.2 Å². The molecule has 2 aliphatic rings. The number of carbonyl (C=O) groups is 1. The lowest BCUT2D eigenvalue weighted by molar-refractivity contribution is -0.133. The summed E-state index contributed by atoms with van der Waals surface area (Å²) < 4.78 is 5.35. The largest absolute Gasteiger partial charge is 0.384 e. The zero-order valence-electron chi connectivity index (χ0n) is 10.6. The third-order valence-corrected chi connectivity index (χ3v) is 3.93. The van der Waals surface area contributed by atoms with Crippen molar-refractivity contribution in [1.82, 2.24) is 4.90 Å². The molecular weight excluding hydrogens is 228 g/mol. The first-order valence-corrected chi connectivity index (χ1v) is 6.44. The van der Waals surface area contributed by atoms with Crippen LogP contribution in [0.5, 0.6) is 0 Å². The van der Waals surface area contributed by atoms with Crippen molar-refractivity contribution in [2.45, 2.75) is 18.4 Å². The highest BCUT2D eigenvalue weighted by Gasteiger charge is 2.33. The number of rotatable bonds is 2. The number of hydrogen-bond acceptors (Lipinski definition) is 3. The van der Waals surface area contributed by atoms with E-state index in [1.807, 2.05) is 36.2 Å². The van der Waals surface area contributed by atoms with Gasteiger partial charge >= 0.3 is 0 Å². The average molecular weight is 246 g/mol. The molecule has 0 saturated carbocycles. The van der Waals surface area contributed by atoms with Crippen LogP contribution in [-0.2, 0) is 9.53 Å². The monoisotopic (exact) mass is 246 g/mol. The predicted octanol–water partition coefficient (Wildman–Crippen LogP) is 1.44. The van der Waals surface area contributed by atoms with Crippen molar-refractivity contribution < 1.29 is 9.53 Å². The fraction of sp³-hybridized carbons (Fsp3) is 0.500. The number of likely N-dealkylation sites (N-methyl/N-ethyl adjacent to an activating group) is 1. The first kappa shape index (κ1) is 11.5. The number of ether oxygens (including phenoxy) is 1. The lowest BCUT2D eigenvalue weighted by Crippen LogP contribution is -2.40. The number of fused-ring (bicyclic) bond motifs is 1. The zero-order chi connectivity index (χ0) is 12.5. The molecule has 1 aromatic rings. The van der Waals surface area contributed by atoms with Gasteiger partial charge in [-0.2, -0.15) is 0 Å². The molecule has 18 heavy (non-hydrogen) atoms. The molecule has 4 nitrogen and oxygen atoms in total. The van der Waals surface area contributed by atoms with Gasteiger partial charge in [-0.25, -0.2) is 0 Å². The van der Waals surface area contributed by atoms with Crippen LogP contribution in [0.1, 0.15) is 17.9 Å². The summed E-state index contributed by atoms with van der Waals surface area (Å²) in [5, 5.41) is 3.30. The highest BCUT2D eigenvalue weighted by molar-refractivity contribution is 5.88. The Morgan fingerprint density at radius 3 is 3.06 bits per heavy atom. The molecular formula is C14H18N2O2. The molecule has 1 fully saturated rings. The maximum absolute atomic E-state index is 12.5.